The number of nitrogens with zero attached hydrogens (tertiary/aromatic N) is 1. The molecule has 2 heteroatoms. The Morgan fingerprint density at radius 3 is 2.21 bits per heavy atom. The Labute approximate surface area is 89.9 Å². The van der Waals surface area contributed by atoms with Crippen molar-refractivity contribution in [3.8, 4) is 0 Å². The second-order valence-corrected chi connectivity index (χ2v) is 4.61. The first-order chi connectivity index (χ1) is 6.61. The summed E-state index contributed by atoms with van der Waals surface area (Å²) in [5.41, 5.74) is 5.59. The van der Waals surface area contributed by atoms with Gasteiger partial charge in [0.15, 0.2) is 0 Å². The fourth-order valence-electron chi connectivity index (χ4n) is 1.68. The van der Waals surface area contributed by atoms with Crippen molar-refractivity contribution in [3.63, 3.8) is 0 Å². The molecule has 0 bridgehead atoms. The van der Waals surface area contributed by atoms with Gasteiger partial charge in [-0.3, -0.25) is 0 Å². The van der Waals surface area contributed by atoms with Crippen LogP contribution < -0.4 is 5.73 Å². The van der Waals surface area contributed by atoms with E-state index in [0.717, 1.165) is 6.54 Å². The zero-order chi connectivity index (χ0) is 11.0. The molecule has 0 fully saturated rings. The Morgan fingerprint density at radius 2 is 1.79 bits per heavy atom. The van der Waals surface area contributed by atoms with E-state index < -0.39 is 0 Å². The summed E-state index contributed by atoms with van der Waals surface area (Å²) in [6.07, 6.45) is 3.81. The fourth-order valence-corrected chi connectivity index (χ4v) is 1.68. The average molecular weight is 200 g/mol. The van der Waals surface area contributed by atoms with Gasteiger partial charge < -0.3 is 10.6 Å². The maximum atomic E-state index is 5.59. The van der Waals surface area contributed by atoms with Gasteiger partial charge >= 0.3 is 0 Å². The molecule has 0 spiro atoms. The minimum atomic E-state index is 0.683. The molecule has 1 atom stereocenters. The maximum absolute atomic E-state index is 5.59. The summed E-state index contributed by atoms with van der Waals surface area (Å²) in [7, 11) is 0. The highest BCUT2D eigenvalue weighted by atomic mass is 15.1. The van der Waals surface area contributed by atoms with Crippen LogP contribution in [0.5, 0.6) is 0 Å². The van der Waals surface area contributed by atoms with E-state index >= 15 is 0 Å². The Morgan fingerprint density at radius 1 is 1.14 bits per heavy atom. The first-order valence-corrected chi connectivity index (χ1v) is 6.05. The number of rotatable bonds is 8. The molecular weight excluding hydrogens is 172 g/mol. The van der Waals surface area contributed by atoms with E-state index in [4.69, 9.17) is 5.73 Å². The summed E-state index contributed by atoms with van der Waals surface area (Å²) in [5, 5.41) is 0. The topological polar surface area (TPSA) is 29.3 Å². The number of hydrogen-bond acceptors (Lipinski definition) is 2. The maximum Gasteiger partial charge on any atom is 0.00385 e. The van der Waals surface area contributed by atoms with Gasteiger partial charge in [0, 0.05) is 6.04 Å². The van der Waals surface area contributed by atoms with Crippen molar-refractivity contribution in [1.82, 2.24) is 4.90 Å². The SMILES string of the molecule is CCCN(CCCC(C)CN)C(C)C. The van der Waals surface area contributed by atoms with Crippen LogP contribution >= 0.6 is 0 Å². The quantitative estimate of drug-likeness (QED) is 0.652. The number of nitrogens with two attached hydrogens (primary N) is 1. The van der Waals surface area contributed by atoms with Gasteiger partial charge in [0.25, 0.3) is 0 Å². The Bertz CT molecular complexity index is 123. The van der Waals surface area contributed by atoms with Crippen LogP contribution in [-0.4, -0.2) is 30.6 Å². The van der Waals surface area contributed by atoms with Gasteiger partial charge in [-0.05, 0) is 58.7 Å². The normalized spacial score (nSPS) is 13.9. The number of hydrogen-bond donors (Lipinski definition) is 1. The highest BCUT2D eigenvalue weighted by molar-refractivity contribution is 4.63. The van der Waals surface area contributed by atoms with Gasteiger partial charge in [-0.1, -0.05) is 13.8 Å². The third kappa shape index (κ3) is 6.39. The molecule has 0 rings (SSSR count). The first kappa shape index (κ1) is 13.9. The molecule has 86 valence electrons. The monoisotopic (exact) mass is 200 g/mol. The Kier molecular flexibility index (Phi) is 8.20. The van der Waals surface area contributed by atoms with Crippen molar-refractivity contribution < 1.29 is 0 Å². The predicted molar refractivity (Wildman–Crippen MR) is 64.5 cm³/mol. The van der Waals surface area contributed by atoms with Crippen molar-refractivity contribution in [1.29, 1.82) is 0 Å². The minimum Gasteiger partial charge on any atom is -0.330 e. The first-order valence-electron chi connectivity index (χ1n) is 6.05. The molecule has 2 N–H and O–H groups in total. The van der Waals surface area contributed by atoms with Crippen LogP contribution in [0.25, 0.3) is 0 Å². The molecule has 0 aliphatic heterocycles. The lowest BCUT2D eigenvalue weighted by molar-refractivity contribution is 0.214. The van der Waals surface area contributed by atoms with Crippen LogP contribution in [0.4, 0.5) is 0 Å². The summed E-state index contributed by atoms with van der Waals surface area (Å²) in [5.74, 6) is 0.686. The molecule has 0 saturated carbocycles. The van der Waals surface area contributed by atoms with E-state index in [-0.39, 0.29) is 0 Å². The van der Waals surface area contributed by atoms with Crippen molar-refractivity contribution in [2.75, 3.05) is 19.6 Å². The van der Waals surface area contributed by atoms with Gasteiger partial charge in [0.2, 0.25) is 0 Å². The van der Waals surface area contributed by atoms with Crippen molar-refractivity contribution in [2.45, 2.75) is 53.0 Å². The third-order valence-electron chi connectivity index (χ3n) is 2.79. The fraction of sp³-hybridized carbons (Fsp3) is 1.00. The molecule has 0 amide bonds. The molecule has 0 aromatic rings. The standard InChI is InChI=1S/C12H28N2/c1-5-8-14(11(2)3)9-6-7-12(4)10-13/h11-12H,5-10,13H2,1-4H3. The lowest BCUT2D eigenvalue weighted by atomic mass is 10.1. The molecule has 0 radical (unpaired) electrons. The molecule has 1 unspecified atom stereocenters. The van der Waals surface area contributed by atoms with Crippen LogP contribution in [0.2, 0.25) is 0 Å². The molecule has 0 aromatic carbocycles. The van der Waals surface area contributed by atoms with E-state index in [2.05, 4.69) is 32.6 Å². The van der Waals surface area contributed by atoms with E-state index in [1.807, 2.05) is 0 Å². The highest BCUT2D eigenvalue weighted by Gasteiger charge is 2.08. The summed E-state index contributed by atoms with van der Waals surface area (Å²) < 4.78 is 0. The smallest absolute Gasteiger partial charge is 0.00385 e. The van der Waals surface area contributed by atoms with E-state index in [9.17, 15) is 0 Å². The lowest BCUT2D eigenvalue weighted by Gasteiger charge is -2.26. The molecule has 2 nitrogen and oxygen atoms in total. The lowest BCUT2D eigenvalue weighted by Crippen LogP contribution is -2.32. The Balaban J connectivity index is 3.60. The summed E-state index contributed by atoms with van der Waals surface area (Å²) in [6, 6.07) is 0.683. The van der Waals surface area contributed by atoms with Crippen molar-refractivity contribution in [3.05, 3.63) is 0 Å². The third-order valence-corrected chi connectivity index (χ3v) is 2.79. The molecule has 0 aromatic heterocycles. The molecular formula is C12H28N2. The summed E-state index contributed by atoms with van der Waals surface area (Å²) in [6.45, 7) is 12.3. The predicted octanol–water partition coefficient (Wildman–Crippen LogP) is 2.48. The van der Waals surface area contributed by atoms with Crippen LogP contribution in [0.15, 0.2) is 0 Å². The highest BCUT2D eigenvalue weighted by Crippen LogP contribution is 2.07. The average Bonchev–Trinajstić information content (AvgIpc) is 2.16. The van der Waals surface area contributed by atoms with E-state index in [0.29, 0.717) is 12.0 Å². The second kappa shape index (κ2) is 8.25. The summed E-state index contributed by atoms with van der Waals surface area (Å²) >= 11 is 0. The molecule has 0 heterocycles. The molecule has 0 aliphatic carbocycles. The minimum absolute atomic E-state index is 0.683. The van der Waals surface area contributed by atoms with Crippen LogP contribution in [0.3, 0.4) is 0 Å². The van der Waals surface area contributed by atoms with Crippen molar-refractivity contribution in [2.24, 2.45) is 11.7 Å². The zero-order valence-electron chi connectivity index (χ0n) is 10.4. The van der Waals surface area contributed by atoms with Gasteiger partial charge in [0.1, 0.15) is 0 Å². The van der Waals surface area contributed by atoms with Gasteiger partial charge in [-0.2, -0.15) is 0 Å². The van der Waals surface area contributed by atoms with E-state index in [1.54, 1.807) is 0 Å². The second-order valence-electron chi connectivity index (χ2n) is 4.61. The summed E-state index contributed by atoms with van der Waals surface area (Å²) in [4.78, 5) is 2.56. The van der Waals surface area contributed by atoms with Crippen LogP contribution in [0, 0.1) is 5.92 Å². The largest absolute Gasteiger partial charge is 0.330 e. The van der Waals surface area contributed by atoms with Gasteiger partial charge in [0.05, 0.1) is 0 Å². The van der Waals surface area contributed by atoms with Crippen LogP contribution in [-0.2, 0) is 0 Å². The molecule has 0 aliphatic rings. The van der Waals surface area contributed by atoms with Crippen LogP contribution in [0.1, 0.15) is 47.0 Å². The van der Waals surface area contributed by atoms with E-state index in [1.165, 1.54) is 32.4 Å². The Hall–Kier alpha value is -0.0800. The molecule has 14 heavy (non-hydrogen) atoms. The van der Waals surface area contributed by atoms with Crippen molar-refractivity contribution >= 4 is 0 Å². The zero-order valence-corrected chi connectivity index (χ0v) is 10.4. The van der Waals surface area contributed by atoms with Gasteiger partial charge in [-0.15, -0.1) is 0 Å². The van der Waals surface area contributed by atoms with Gasteiger partial charge in [-0.25, -0.2) is 0 Å². The molecule has 0 saturated heterocycles.